The molecule has 6 aromatic rings. The van der Waals surface area contributed by atoms with Gasteiger partial charge in [-0.05, 0) is 68.1 Å². The quantitative estimate of drug-likeness (QED) is 0.239. The molecule has 0 saturated carbocycles. The first-order chi connectivity index (χ1) is 16.7. The highest BCUT2D eigenvalue weighted by Gasteiger charge is 2.37. The summed E-state index contributed by atoms with van der Waals surface area (Å²) in [5, 5.41) is 7.34. The molecular formula is C32H21OP. The van der Waals surface area contributed by atoms with Gasteiger partial charge in [-0.3, -0.25) is 0 Å². The topological polar surface area (TPSA) is 17.1 Å². The van der Waals surface area contributed by atoms with Crippen LogP contribution in [0.15, 0.2) is 127 Å². The van der Waals surface area contributed by atoms with E-state index in [9.17, 15) is 0 Å². The van der Waals surface area contributed by atoms with Crippen LogP contribution in [0.2, 0.25) is 0 Å². The zero-order valence-electron chi connectivity index (χ0n) is 18.5. The molecule has 0 aliphatic carbocycles. The lowest BCUT2D eigenvalue weighted by Crippen LogP contribution is -2.26. The summed E-state index contributed by atoms with van der Waals surface area (Å²) in [6.45, 7) is 0. The summed E-state index contributed by atoms with van der Waals surface area (Å²) in [7, 11) is -3.14. The van der Waals surface area contributed by atoms with Crippen molar-refractivity contribution in [3.63, 3.8) is 0 Å². The predicted molar refractivity (Wildman–Crippen MR) is 145 cm³/mol. The van der Waals surface area contributed by atoms with Gasteiger partial charge in [0.25, 0.3) is 0 Å². The van der Waals surface area contributed by atoms with Gasteiger partial charge in [-0.15, -0.1) is 0 Å². The number of hydrogen-bond donors (Lipinski definition) is 0. The Morgan fingerprint density at radius 1 is 0.382 bits per heavy atom. The normalized spacial score (nSPS) is 16.5. The number of fused-ring (bicyclic) bond motifs is 7. The summed E-state index contributed by atoms with van der Waals surface area (Å²) in [6.07, 6.45) is 0. The molecule has 34 heavy (non-hydrogen) atoms. The van der Waals surface area contributed by atoms with E-state index in [2.05, 4.69) is 84.9 Å². The van der Waals surface area contributed by atoms with Gasteiger partial charge in [0.05, 0.1) is 0 Å². The fourth-order valence-corrected chi connectivity index (χ4v) is 8.50. The highest BCUT2D eigenvalue weighted by atomic mass is 31.2. The van der Waals surface area contributed by atoms with Crippen LogP contribution in [0.1, 0.15) is 0 Å². The van der Waals surface area contributed by atoms with Crippen LogP contribution in [-0.4, -0.2) is 0 Å². The molecule has 0 bridgehead atoms. The van der Waals surface area contributed by atoms with Gasteiger partial charge >= 0.3 is 0 Å². The third kappa shape index (κ3) is 2.71. The maximum Gasteiger partial charge on any atom is 0.172 e. The summed E-state index contributed by atoms with van der Waals surface area (Å²) >= 11 is 0. The molecule has 7 rings (SSSR count). The molecule has 0 aromatic heterocycles. The third-order valence-electron chi connectivity index (χ3n) is 7.03. The van der Waals surface area contributed by atoms with Crippen LogP contribution >= 0.6 is 7.14 Å². The van der Waals surface area contributed by atoms with Gasteiger partial charge in [0.1, 0.15) is 0 Å². The first kappa shape index (κ1) is 19.5. The Labute approximate surface area is 198 Å². The van der Waals surface area contributed by atoms with Crippen LogP contribution < -0.4 is 15.9 Å². The van der Waals surface area contributed by atoms with E-state index in [1.807, 2.05) is 42.5 Å². The van der Waals surface area contributed by atoms with E-state index in [1.165, 1.54) is 10.8 Å². The van der Waals surface area contributed by atoms with Gasteiger partial charge in [-0.2, -0.15) is 0 Å². The van der Waals surface area contributed by atoms with Crippen LogP contribution in [0.5, 0.6) is 0 Å². The highest BCUT2D eigenvalue weighted by Crippen LogP contribution is 2.52. The van der Waals surface area contributed by atoms with Gasteiger partial charge < -0.3 is 4.57 Å². The fraction of sp³-hybridized carbons (Fsp3) is 0. The maximum absolute atomic E-state index is 15.5. The van der Waals surface area contributed by atoms with Crippen molar-refractivity contribution >= 4 is 44.6 Å². The SMILES string of the molecule is O=P1(c2ccccc2)c2ccccc2-c2cc3ccccc3cc2-c2cc3ccccc3cc21. The van der Waals surface area contributed by atoms with E-state index in [4.69, 9.17) is 0 Å². The lowest BCUT2D eigenvalue weighted by molar-refractivity contribution is 0.592. The molecule has 0 fully saturated rings. The van der Waals surface area contributed by atoms with E-state index in [-0.39, 0.29) is 0 Å². The lowest BCUT2D eigenvalue weighted by atomic mass is 9.90. The van der Waals surface area contributed by atoms with Crippen LogP contribution in [0, 0.1) is 0 Å². The zero-order chi connectivity index (χ0) is 22.7. The molecule has 0 N–H and O–H groups in total. The van der Waals surface area contributed by atoms with Crippen LogP contribution in [0.4, 0.5) is 0 Å². The van der Waals surface area contributed by atoms with Crippen molar-refractivity contribution in [2.24, 2.45) is 0 Å². The van der Waals surface area contributed by atoms with Gasteiger partial charge in [-0.25, -0.2) is 0 Å². The van der Waals surface area contributed by atoms with Crippen molar-refractivity contribution < 1.29 is 4.57 Å². The molecule has 1 heterocycles. The Morgan fingerprint density at radius 2 is 0.853 bits per heavy atom. The van der Waals surface area contributed by atoms with Crippen LogP contribution in [0.25, 0.3) is 43.8 Å². The molecule has 0 spiro atoms. The van der Waals surface area contributed by atoms with E-state index < -0.39 is 7.14 Å². The first-order valence-corrected chi connectivity index (χ1v) is 13.3. The van der Waals surface area contributed by atoms with Crippen LogP contribution in [-0.2, 0) is 4.57 Å². The molecule has 1 aliphatic rings. The summed E-state index contributed by atoms with van der Waals surface area (Å²) in [6, 6.07) is 44.0. The van der Waals surface area contributed by atoms with Crippen molar-refractivity contribution in [3.05, 3.63) is 127 Å². The number of hydrogen-bond acceptors (Lipinski definition) is 1. The molecule has 2 heteroatoms. The second-order valence-electron chi connectivity index (χ2n) is 8.92. The van der Waals surface area contributed by atoms with Crippen molar-refractivity contribution in [2.75, 3.05) is 0 Å². The second kappa shape index (κ2) is 7.29. The molecule has 160 valence electrons. The van der Waals surface area contributed by atoms with E-state index in [1.54, 1.807) is 0 Å². The van der Waals surface area contributed by atoms with Gasteiger partial charge in [0.15, 0.2) is 7.14 Å². The Morgan fingerprint density at radius 3 is 1.50 bits per heavy atom. The lowest BCUT2D eigenvalue weighted by Gasteiger charge is -2.22. The second-order valence-corrected chi connectivity index (χ2v) is 11.6. The minimum Gasteiger partial charge on any atom is -0.309 e. The van der Waals surface area contributed by atoms with Gasteiger partial charge in [0.2, 0.25) is 0 Å². The van der Waals surface area contributed by atoms with E-state index in [0.29, 0.717) is 0 Å². The smallest absolute Gasteiger partial charge is 0.172 e. The first-order valence-electron chi connectivity index (χ1n) is 11.6. The molecular weight excluding hydrogens is 431 g/mol. The predicted octanol–water partition coefficient (Wildman–Crippen LogP) is 7.28. The number of benzene rings is 6. The maximum atomic E-state index is 15.5. The summed E-state index contributed by atoms with van der Waals surface area (Å²) in [5.74, 6) is 0. The van der Waals surface area contributed by atoms with Crippen molar-refractivity contribution in [3.8, 4) is 22.3 Å². The van der Waals surface area contributed by atoms with Crippen molar-refractivity contribution in [1.82, 2.24) is 0 Å². The van der Waals surface area contributed by atoms with Crippen LogP contribution in [0.3, 0.4) is 0 Å². The average Bonchev–Trinajstić information content (AvgIpc) is 2.99. The molecule has 0 amide bonds. The summed E-state index contributed by atoms with van der Waals surface area (Å²) < 4.78 is 15.5. The Bertz CT molecular complexity index is 1780. The van der Waals surface area contributed by atoms with Gasteiger partial charge in [0, 0.05) is 15.9 Å². The molecule has 1 aliphatic heterocycles. The van der Waals surface area contributed by atoms with E-state index >= 15 is 4.57 Å². The third-order valence-corrected chi connectivity index (χ3v) is 10.2. The standard InChI is InChI=1S/C32H21OP/c33-34(26-14-2-1-3-15-26)31-17-9-8-16-27(31)28-18-22-10-4-5-11-23(22)19-29(28)30-20-24-12-6-7-13-25(24)21-32(30)34/h1-21H. The van der Waals surface area contributed by atoms with Crippen molar-refractivity contribution in [2.45, 2.75) is 0 Å². The number of rotatable bonds is 1. The Kier molecular flexibility index (Phi) is 4.19. The largest absolute Gasteiger partial charge is 0.309 e. The summed E-state index contributed by atoms with van der Waals surface area (Å²) in [4.78, 5) is 0. The highest BCUT2D eigenvalue weighted by molar-refractivity contribution is 7.85. The van der Waals surface area contributed by atoms with Gasteiger partial charge in [-0.1, -0.05) is 103 Å². The minimum atomic E-state index is -3.14. The zero-order valence-corrected chi connectivity index (χ0v) is 19.4. The monoisotopic (exact) mass is 452 g/mol. The van der Waals surface area contributed by atoms with Crippen molar-refractivity contribution in [1.29, 1.82) is 0 Å². The Balaban J connectivity index is 1.73. The molecule has 1 unspecified atom stereocenters. The molecule has 0 radical (unpaired) electrons. The average molecular weight is 452 g/mol. The Hall–Kier alpha value is -3.93. The molecule has 6 aromatic carbocycles. The summed E-state index contributed by atoms with van der Waals surface area (Å²) in [5.41, 5.74) is 4.39. The molecule has 0 saturated heterocycles. The fourth-order valence-electron chi connectivity index (χ4n) is 5.41. The molecule has 1 atom stereocenters. The van der Waals surface area contributed by atoms with E-state index in [0.717, 1.165) is 48.9 Å². The minimum absolute atomic E-state index is 0.872. The molecule has 1 nitrogen and oxygen atoms in total.